The van der Waals surface area contributed by atoms with Crippen LogP contribution in [0.4, 0.5) is 0 Å². The van der Waals surface area contributed by atoms with Gasteiger partial charge in [0.15, 0.2) is 0 Å². The zero-order valence-corrected chi connectivity index (χ0v) is 15.2. The highest BCUT2D eigenvalue weighted by molar-refractivity contribution is 5.84. The Morgan fingerprint density at radius 2 is 1.92 bits per heavy atom. The minimum absolute atomic E-state index is 0.688. The maximum absolute atomic E-state index is 8.94. The summed E-state index contributed by atoms with van der Waals surface area (Å²) in [6.07, 6.45) is 4.88. The first-order chi connectivity index (χ1) is 12.8. The Hall–Kier alpha value is -2.57. The Labute approximate surface area is 154 Å². The van der Waals surface area contributed by atoms with Gasteiger partial charge in [-0.3, -0.25) is 4.90 Å². The van der Waals surface area contributed by atoms with Gasteiger partial charge in [-0.25, -0.2) is 0 Å². The van der Waals surface area contributed by atoms with Crippen LogP contribution in [0.3, 0.4) is 0 Å². The van der Waals surface area contributed by atoms with Crippen LogP contribution < -0.4 is 0 Å². The van der Waals surface area contributed by atoms with Gasteiger partial charge in [0.25, 0.3) is 0 Å². The zero-order chi connectivity index (χ0) is 17.9. The van der Waals surface area contributed by atoms with E-state index in [1.807, 2.05) is 24.3 Å². The predicted octanol–water partition coefficient (Wildman–Crippen LogP) is 5.39. The first-order valence-corrected chi connectivity index (χ1v) is 9.54. The molecule has 0 saturated carbocycles. The summed E-state index contributed by atoms with van der Waals surface area (Å²) in [4.78, 5) is 2.61. The number of furan rings is 1. The van der Waals surface area contributed by atoms with Crippen molar-refractivity contribution >= 4 is 11.0 Å². The fourth-order valence-corrected chi connectivity index (χ4v) is 4.04. The van der Waals surface area contributed by atoms with Gasteiger partial charge in [-0.15, -0.1) is 0 Å². The van der Waals surface area contributed by atoms with Gasteiger partial charge in [-0.05, 0) is 67.3 Å². The molecule has 3 aromatic rings. The predicted molar refractivity (Wildman–Crippen MR) is 105 cm³/mol. The number of likely N-dealkylation sites (tertiary alicyclic amines) is 1. The van der Waals surface area contributed by atoms with E-state index in [0.717, 1.165) is 46.9 Å². The number of nitriles is 1. The second kappa shape index (κ2) is 7.35. The molecule has 132 valence electrons. The van der Waals surface area contributed by atoms with Crippen molar-refractivity contribution in [2.45, 2.75) is 38.6 Å². The summed E-state index contributed by atoms with van der Waals surface area (Å²) in [5, 5.41) is 10.1. The molecule has 1 aromatic heterocycles. The van der Waals surface area contributed by atoms with Crippen molar-refractivity contribution in [2.24, 2.45) is 0 Å². The van der Waals surface area contributed by atoms with Crippen LogP contribution in [0.25, 0.3) is 22.1 Å². The average Bonchev–Trinajstić information content (AvgIpc) is 3.31. The monoisotopic (exact) mass is 344 g/mol. The van der Waals surface area contributed by atoms with Gasteiger partial charge in [-0.2, -0.15) is 5.26 Å². The summed E-state index contributed by atoms with van der Waals surface area (Å²) in [5.74, 6) is 1.07. The largest absolute Gasteiger partial charge is 0.461 e. The molecule has 0 N–H and O–H groups in total. The lowest BCUT2D eigenvalue weighted by molar-refractivity contribution is 0.247. The molecule has 1 saturated heterocycles. The third kappa shape index (κ3) is 3.38. The van der Waals surface area contributed by atoms with E-state index in [4.69, 9.17) is 9.68 Å². The molecule has 2 aromatic carbocycles. The highest BCUT2D eigenvalue weighted by atomic mass is 16.3. The third-order valence-electron chi connectivity index (χ3n) is 5.53. The molecule has 0 aliphatic carbocycles. The van der Waals surface area contributed by atoms with Gasteiger partial charge in [0, 0.05) is 24.4 Å². The molecule has 1 atom stereocenters. The van der Waals surface area contributed by atoms with E-state index in [2.05, 4.69) is 42.2 Å². The maximum atomic E-state index is 8.94. The number of hydrogen-bond donors (Lipinski definition) is 0. The Balaban J connectivity index is 1.51. The minimum atomic E-state index is 0.688. The fraction of sp³-hybridized carbons (Fsp3) is 0.348. The molecule has 26 heavy (non-hydrogen) atoms. The second-order valence-electron chi connectivity index (χ2n) is 7.14. The molecule has 2 heterocycles. The van der Waals surface area contributed by atoms with Crippen molar-refractivity contribution in [3.05, 3.63) is 59.9 Å². The van der Waals surface area contributed by atoms with Gasteiger partial charge in [-0.1, -0.05) is 25.1 Å². The highest BCUT2D eigenvalue weighted by Crippen LogP contribution is 2.28. The van der Waals surface area contributed by atoms with Crippen molar-refractivity contribution < 1.29 is 4.42 Å². The summed E-state index contributed by atoms with van der Waals surface area (Å²) in [5.41, 5.74) is 3.91. The topological polar surface area (TPSA) is 40.2 Å². The number of hydrogen-bond acceptors (Lipinski definition) is 3. The van der Waals surface area contributed by atoms with Crippen LogP contribution >= 0.6 is 0 Å². The molecule has 1 aliphatic rings. The summed E-state index contributed by atoms with van der Waals surface area (Å²) < 4.78 is 6.05. The van der Waals surface area contributed by atoms with E-state index in [9.17, 15) is 0 Å². The van der Waals surface area contributed by atoms with E-state index < -0.39 is 0 Å². The zero-order valence-electron chi connectivity index (χ0n) is 15.2. The lowest BCUT2D eigenvalue weighted by atomic mass is 10.0. The van der Waals surface area contributed by atoms with Crippen molar-refractivity contribution in [2.75, 3.05) is 13.1 Å². The number of benzene rings is 2. The van der Waals surface area contributed by atoms with E-state index in [0.29, 0.717) is 5.56 Å². The van der Waals surface area contributed by atoms with Crippen LogP contribution in [0.1, 0.15) is 37.5 Å². The Bertz CT molecular complexity index is 933. The van der Waals surface area contributed by atoms with Crippen LogP contribution in [0.5, 0.6) is 0 Å². The van der Waals surface area contributed by atoms with Gasteiger partial charge < -0.3 is 4.42 Å². The molecule has 4 rings (SSSR count). The van der Waals surface area contributed by atoms with Crippen LogP contribution in [-0.2, 0) is 6.42 Å². The van der Waals surface area contributed by atoms with Gasteiger partial charge in [0.2, 0.25) is 0 Å². The van der Waals surface area contributed by atoms with E-state index >= 15 is 0 Å². The summed E-state index contributed by atoms with van der Waals surface area (Å²) in [6.45, 7) is 4.59. The van der Waals surface area contributed by atoms with Crippen LogP contribution in [-0.4, -0.2) is 24.0 Å². The molecule has 0 unspecified atom stereocenters. The average molecular weight is 344 g/mol. The van der Waals surface area contributed by atoms with Crippen molar-refractivity contribution in [1.82, 2.24) is 4.90 Å². The Kier molecular flexibility index (Phi) is 4.77. The molecule has 3 heteroatoms. The Morgan fingerprint density at radius 3 is 2.69 bits per heavy atom. The quantitative estimate of drug-likeness (QED) is 0.623. The lowest BCUT2D eigenvalue weighted by Crippen LogP contribution is -2.30. The molecule has 0 spiro atoms. The van der Waals surface area contributed by atoms with Gasteiger partial charge >= 0.3 is 0 Å². The molecule has 0 radical (unpaired) electrons. The van der Waals surface area contributed by atoms with Gasteiger partial charge in [0.1, 0.15) is 11.3 Å². The van der Waals surface area contributed by atoms with E-state index in [1.165, 1.54) is 25.8 Å². The molecular weight excluding hydrogens is 320 g/mol. The third-order valence-corrected chi connectivity index (χ3v) is 5.53. The molecule has 1 aliphatic heterocycles. The lowest BCUT2D eigenvalue weighted by Gasteiger charge is -2.22. The highest BCUT2D eigenvalue weighted by Gasteiger charge is 2.22. The SMILES string of the molecule is CC[C@@H]1CCCN1CCc1cc2cc(-c3ccc(C#N)cc3)ccc2o1. The maximum Gasteiger partial charge on any atom is 0.134 e. The minimum Gasteiger partial charge on any atom is -0.461 e. The number of nitrogens with zero attached hydrogens (tertiary/aromatic N) is 2. The normalized spacial score (nSPS) is 17.6. The number of rotatable bonds is 5. The number of fused-ring (bicyclic) bond motifs is 1. The molecular formula is C23H24N2O. The van der Waals surface area contributed by atoms with Gasteiger partial charge in [0.05, 0.1) is 11.6 Å². The molecule has 0 amide bonds. The first kappa shape index (κ1) is 16.9. The van der Waals surface area contributed by atoms with Crippen LogP contribution in [0, 0.1) is 11.3 Å². The van der Waals surface area contributed by atoms with Crippen molar-refractivity contribution in [1.29, 1.82) is 5.26 Å². The molecule has 1 fully saturated rings. The Morgan fingerprint density at radius 1 is 1.12 bits per heavy atom. The summed E-state index contributed by atoms with van der Waals surface area (Å²) >= 11 is 0. The van der Waals surface area contributed by atoms with E-state index in [1.54, 1.807) is 0 Å². The standard InChI is InChI=1S/C23H24N2O/c1-2-21-4-3-12-25(21)13-11-22-15-20-14-19(9-10-23(20)26-22)18-7-5-17(16-24)6-8-18/h5-10,14-15,21H,2-4,11-13H2,1H3/t21-/m1/s1. The fourth-order valence-electron chi connectivity index (χ4n) is 4.04. The summed E-state index contributed by atoms with van der Waals surface area (Å²) in [7, 11) is 0. The molecule has 0 bridgehead atoms. The van der Waals surface area contributed by atoms with Crippen LogP contribution in [0.2, 0.25) is 0 Å². The summed E-state index contributed by atoms with van der Waals surface area (Å²) in [6, 6.07) is 19.1. The van der Waals surface area contributed by atoms with Crippen LogP contribution in [0.15, 0.2) is 52.9 Å². The smallest absolute Gasteiger partial charge is 0.134 e. The van der Waals surface area contributed by atoms with E-state index in [-0.39, 0.29) is 0 Å². The molecule has 3 nitrogen and oxygen atoms in total. The second-order valence-corrected chi connectivity index (χ2v) is 7.14. The first-order valence-electron chi connectivity index (χ1n) is 9.54. The van der Waals surface area contributed by atoms with Crippen molar-refractivity contribution in [3.63, 3.8) is 0 Å². The van der Waals surface area contributed by atoms with Crippen molar-refractivity contribution in [3.8, 4) is 17.2 Å².